The Morgan fingerprint density at radius 3 is 2.51 bits per heavy atom. The molecular formula is C28H37N5O5S. The number of carbonyl (C=O) groups excluding carboxylic acids is 1. The maximum absolute atomic E-state index is 13.3. The third kappa shape index (κ3) is 8.31. The van der Waals surface area contributed by atoms with Crippen LogP contribution in [0.25, 0.3) is 6.08 Å². The van der Waals surface area contributed by atoms with Crippen LogP contribution in [-0.4, -0.2) is 69.1 Å². The summed E-state index contributed by atoms with van der Waals surface area (Å²) < 4.78 is 38.9. The van der Waals surface area contributed by atoms with Gasteiger partial charge in [0.05, 0.1) is 24.7 Å². The Kier molecular flexibility index (Phi) is 10.1. The fourth-order valence-electron chi connectivity index (χ4n) is 4.31. The van der Waals surface area contributed by atoms with Crippen molar-refractivity contribution < 1.29 is 22.7 Å². The van der Waals surface area contributed by atoms with Crippen LogP contribution in [0.4, 0.5) is 5.69 Å². The Morgan fingerprint density at radius 1 is 1.18 bits per heavy atom. The van der Waals surface area contributed by atoms with Crippen molar-refractivity contribution in [3.8, 4) is 5.75 Å². The highest BCUT2D eigenvalue weighted by Gasteiger charge is 2.27. The van der Waals surface area contributed by atoms with Crippen molar-refractivity contribution >= 4 is 39.4 Å². The third-order valence-electron chi connectivity index (χ3n) is 6.38. The molecule has 11 heteroatoms. The summed E-state index contributed by atoms with van der Waals surface area (Å²) in [5, 5.41) is 15.4. The molecule has 1 aliphatic heterocycles. The van der Waals surface area contributed by atoms with Crippen LogP contribution in [0.2, 0.25) is 0 Å². The predicted molar refractivity (Wildman–Crippen MR) is 154 cm³/mol. The number of nitrogen functional groups attached to an aromatic ring is 1. The van der Waals surface area contributed by atoms with E-state index in [0.717, 1.165) is 37.1 Å². The van der Waals surface area contributed by atoms with Gasteiger partial charge in [0.2, 0.25) is 10.0 Å². The zero-order chi connectivity index (χ0) is 28.6. The Bertz CT molecular complexity index is 1330. The van der Waals surface area contributed by atoms with Crippen LogP contribution in [0.15, 0.2) is 48.5 Å². The number of benzene rings is 2. The molecule has 0 aromatic heterocycles. The Morgan fingerprint density at radius 2 is 1.90 bits per heavy atom. The van der Waals surface area contributed by atoms with Gasteiger partial charge in [-0.05, 0) is 56.2 Å². The molecule has 10 nitrogen and oxygen atoms in total. The zero-order valence-corrected chi connectivity index (χ0v) is 23.5. The van der Waals surface area contributed by atoms with Crippen LogP contribution in [0.3, 0.4) is 0 Å². The molecule has 0 bridgehead atoms. The lowest BCUT2D eigenvalue weighted by molar-refractivity contribution is -0.139. The lowest BCUT2D eigenvalue weighted by atomic mass is 10.1. The average molecular weight is 556 g/mol. The molecule has 210 valence electrons. The maximum Gasteiger partial charge on any atom is 0.323 e. The van der Waals surface area contributed by atoms with Crippen molar-refractivity contribution in [2.24, 2.45) is 5.73 Å². The number of hydrogen-bond acceptors (Lipinski definition) is 7. The molecule has 0 radical (unpaired) electrons. The van der Waals surface area contributed by atoms with Crippen LogP contribution in [0.1, 0.15) is 43.4 Å². The summed E-state index contributed by atoms with van der Waals surface area (Å²) in [6, 6.07) is 12.2. The van der Waals surface area contributed by atoms with Crippen LogP contribution < -0.4 is 14.8 Å². The lowest BCUT2D eigenvalue weighted by Crippen LogP contribution is -2.40. The van der Waals surface area contributed by atoms with E-state index >= 15 is 0 Å². The zero-order valence-electron chi connectivity index (χ0n) is 22.6. The van der Waals surface area contributed by atoms with E-state index in [1.165, 1.54) is 4.31 Å². The minimum Gasteiger partial charge on any atom is -0.490 e. The molecule has 0 unspecified atom stereocenters. The number of piperidine rings is 1. The van der Waals surface area contributed by atoms with E-state index in [-0.39, 0.29) is 25.1 Å². The first-order valence-corrected chi connectivity index (χ1v) is 14.5. The molecule has 0 spiro atoms. The summed E-state index contributed by atoms with van der Waals surface area (Å²) in [5.74, 6) is -0.431. The Labute approximate surface area is 230 Å². The monoisotopic (exact) mass is 555 g/mol. The number of nitrogens with two attached hydrogens (primary N) is 1. The topological polar surface area (TPSA) is 150 Å². The molecule has 1 heterocycles. The van der Waals surface area contributed by atoms with Gasteiger partial charge in [-0.2, -0.15) is 0 Å². The molecule has 0 atom stereocenters. The summed E-state index contributed by atoms with van der Waals surface area (Å²) in [7, 11) is -4.06. The fourth-order valence-corrected chi connectivity index (χ4v) is 5.60. The number of amidine groups is 2. The maximum atomic E-state index is 13.3. The highest BCUT2D eigenvalue weighted by Crippen LogP contribution is 2.29. The third-order valence-corrected chi connectivity index (χ3v) is 8.01. The number of nitrogens with one attached hydrogen (secondary N) is 2. The molecule has 3 rings (SSSR count). The summed E-state index contributed by atoms with van der Waals surface area (Å²) in [4.78, 5) is 14.1. The molecule has 39 heavy (non-hydrogen) atoms. The number of aryl methyl sites for hydroxylation is 1. The molecule has 0 amide bonds. The fraction of sp³-hybridized carbons (Fsp3) is 0.393. The number of rotatable bonds is 11. The first-order chi connectivity index (χ1) is 18.5. The number of nitrogens with zero attached hydrogens (tertiary/aromatic N) is 2. The van der Waals surface area contributed by atoms with E-state index in [1.807, 2.05) is 17.9 Å². The van der Waals surface area contributed by atoms with E-state index in [1.54, 1.807) is 62.4 Å². The summed E-state index contributed by atoms with van der Waals surface area (Å²) in [5.41, 5.74) is 8.07. The summed E-state index contributed by atoms with van der Waals surface area (Å²) in [6.45, 7) is 6.85. The Balaban J connectivity index is 1.82. The number of esters is 1. The van der Waals surface area contributed by atoms with Crippen LogP contribution >= 0.6 is 0 Å². The standard InChI is InChI=1S/C28H37N5O5S/c1-4-37-27(34)19-39(35,36)33(14-6-8-22-7-5-9-23(18-22)28(30)31)24-10-11-26(20(2)17-24)38-25-12-15-32(16-13-25)21(3)29/h5-11,17-18,25,29H,4,12-16,19H2,1-3H3,(H3,30,31). The van der Waals surface area contributed by atoms with Crippen molar-refractivity contribution in [3.05, 3.63) is 65.2 Å². The van der Waals surface area contributed by atoms with Gasteiger partial charge in [-0.15, -0.1) is 0 Å². The van der Waals surface area contributed by atoms with Crippen LogP contribution in [0, 0.1) is 17.7 Å². The van der Waals surface area contributed by atoms with Crippen molar-refractivity contribution in [1.29, 1.82) is 10.8 Å². The van der Waals surface area contributed by atoms with E-state index in [9.17, 15) is 13.2 Å². The van der Waals surface area contributed by atoms with Crippen LogP contribution in [-0.2, 0) is 19.6 Å². The minimum absolute atomic E-state index is 0.0162. The molecule has 2 aromatic rings. The largest absolute Gasteiger partial charge is 0.490 e. The van der Waals surface area contributed by atoms with E-state index in [0.29, 0.717) is 22.8 Å². The van der Waals surface area contributed by atoms with Gasteiger partial charge in [-0.3, -0.25) is 19.9 Å². The highest BCUT2D eigenvalue weighted by molar-refractivity contribution is 7.93. The van der Waals surface area contributed by atoms with Crippen molar-refractivity contribution in [1.82, 2.24) is 4.90 Å². The number of likely N-dealkylation sites (tertiary alicyclic amines) is 1. The molecule has 2 aromatic carbocycles. The first-order valence-electron chi connectivity index (χ1n) is 12.8. The summed E-state index contributed by atoms with van der Waals surface area (Å²) >= 11 is 0. The number of hydrogen-bond donors (Lipinski definition) is 3. The van der Waals surface area contributed by atoms with Crippen molar-refractivity contribution in [2.75, 3.05) is 36.3 Å². The van der Waals surface area contributed by atoms with Crippen LogP contribution in [0.5, 0.6) is 5.75 Å². The van der Waals surface area contributed by atoms with Gasteiger partial charge in [0, 0.05) is 31.5 Å². The lowest BCUT2D eigenvalue weighted by Gasteiger charge is -2.33. The average Bonchev–Trinajstić information content (AvgIpc) is 2.88. The summed E-state index contributed by atoms with van der Waals surface area (Å²) in [6.07, 6.45) is 5.04. The second kappa shape index (κ2) is 13.3. The highest BCUT2D eigenvalue weighted by atomic mass is 32.2. The molecule has 1 aliphatic rings. The molecule has 1 saturated heterocycles. The second-order valence-electron chi connectivity index (χ2n) is 9.37. The number of anilines is 1. The van der Waals surface area contributed by atoms with Crippen molar-refractivity contribution in [2.45, 2.75) is 39.7 Å². The van der Waals surface area contributed by atoms with Crippen molar-refractivity contribution in [3.63, 3.8) is 0 Å². The smallest absolute Gasteiger partial charge is 0.323 e. The van der Waals surface area contributed by atoms with E-state index in [4.69, 9.17) is 26.0 Å². The molecule has 0 aliphatic carbocycles. The quantitative estimate of drug-likeness (QED) is 0.218. The predicted octanol–water partition coefficient (Wildman–Crippen LogP) is 3.53. The van der Waals surface area contributed by atoms with Gasteiger partial charge in [-0.25, -0.2) is 8.42 Å². The SMILES string of the molecule is CCOC(=O)CS(=O)(=O)N(CC=Cc1cccc(C(=N)N)c1)c1ccc(OC2CCN(C(C)=N)CC2)c(C)c1. The molecular weight excluding hydrogens is 518 g/mol. The van der Waals surface area contributed by atoms with E-state index in [2.05, 4.69) is 0 Å². The van der Waals surface area contributed by atoms with Gasteiger partial charge in [0.15, 0.2) is 5.75 Å². The number of sulfonamides is 1. The minimum atomic E-state index is -4.06. The van der Waals surface area contributed by atoms with Gasteiger partial charge < -0.3 is 20.1 Å². The Hall–Kier alpha value is -3.86. The van der Waals surface area contributed by atoms with Gasteiger partial charge in [-0.1, -0.05) is 30.4 Å². The van der Waals surface area contributed by atoms with E-state index < -0.39 is 21.7 Å². The number of ether oxygens (including phenoxy) is 2. The van der Waals surface area contributed by atoms with Gasteiger partial charge in [0.1, 0.15) is 17.7 Å². The molecule has 4 N–H and O–H groups in total. The van der Waals surface area contributed by atoms with Gasteiger partial charge in [0.25, 0.3) is 0 Å². The first kappa shape index (κ1) is 29.7. The normalized spacial score (nSPS) is 14.3. The number of carbonyl (C=O) groups is 1. The van der Waals surface area contributed by atoms with Gasteiger partial charge >= 0.3 is 5.97 Å². The molecule has 1 fully saturated rings. The second-order valence-corrected chi connectivity index (χ2v) is 11.3. The molecule has 0 saturated carbocycles.